The van der Waals surface area contributed by atoms with Gasteiger partial charge in [-0.1, -0.05) is 0 Å². The minimum atomic E-state index is -0.0365. The number of hydrogen-bond acceptors (Lipinski definition) is 6. The fourth-order valence-corrected chi connectivity index (χ4v) is 3.05. The molecule has 1 saturated heterocycles. The molecule has 4 rings (SSSR count). The summed E-state index contributed by atoms with van der Waals surface area (Å²) in [6, 6.07) is 7.63. The van der Waals surface area contributed by atoms with Crippen LogP contribution in [0.2, 0.25) is 0 Å². The molecule has 3 aromatic heterocycles. The molecule has 0 radical (unpaired) electrons. The smallest absolute Gasteiger partial charge is 0.242 e. The van der Waals surface area contributed by atoms with Crippen molar-refractivity contribution >= 4 is 11.9 Å². The summed E-state index contributed by atoms with van der Waals surface area (Å²) in [5, 5.41) is 7.11. The lowest BCUT2D eigenvalue weighted by Crippen LogP contribution is -2.39. The zero-order valence-electron chi connectivity index (χ0n) is 14.2. The van der Waals surface area contributed by atoms with Gasteiger partial charge in [-0.2, -0.15) is 5.10 Å². The van der Waals surface area contributed by atoms with Crippen molar-refractivity contribution in [1.29, 1.82) is 0 Å². The van der Waals surface area contributed by atoms with Gasteiger partial charge in [0.15, 0.2) is 0 Å². The van der Waals surface area contributed by atoms with E-state index in [1.807, 2.05) is 18.2 Å². The van der Waals surface area contributed by atoms with E-state index >= 15 is 0 Å². The van der Waals surface area contributed by atoms with Crippen LogP contribution in [-0.2, 0) is 11.3 Å². The maximum Gasteiger partial charge on any atom is 0.242 e. The molecule has 8 nitrogen and oxygen atoms in total. The van der Waals surface area contributed by atoms with Crippen LogP contribution in [0.25, 0.3) is 11.3 Å². The zero-order chi connectivity index (χ0) is 17.8. The number of anilines is 1. The van der Waals surface area contributed by atoms with E-state index < -0.39 is 0 Å². The Morgan fingerprint density at radius 2 is 2.19 bits per heavy atom. The highest BCUT2D eigenvalue weighted by Gasteiger charge is 2.25. The molecular formula is C18H19N7O. The van der Waals surface area contributed by atoms with Crippen LogP contribution < -0.4 is 10.2 Å². The molecule has 3 aromatic rings. The number of hydrogen-bond donors (Lipinski definition) is 1. The number of carbonyl (C=O) groups is 1. The Balaban J connectivity index is 1.38. The highest BCUT2D eigenvalue weighted by Crippen LogP contribution is 2.20. The molecule has 1 unspecified atom stereocenters. The average molecular weight is 349 g/mol. The summed E-state index contributed by atoms with van der Waals surface area (Å²) < 4.78 is 1.61. The van der Waals surface area contributed by atoms with Gasteiger partial charge in [0.1, 0.15) is 6.54 Å². The summed E-state index contributed by atoms with van der Waals surface area (Å²) >= 11 is 0. The Morgan fingerprint density at radius 1 is 1.23 bits per heavy atom. The Labute approximate surface area is 150 Å². The quantitative estimate of drug-likeness (QED) is 0.743. The third-order valence-corrected chi connectivity index (χ3v) is 4.30. The second kappa shape index (κ2) is 7.30. The summed E-state index contributed by atoms with van der Waals surface area (Å²) in [4.78, 5) is 27.4. The Hall–Kier alpha value is -3.29. The number of pyridine rings is 1. The molecule has 0 aliphatic carbocycles. The van der Waals surface area contributed by atoms with Gasteiger partial charge in [-0.15, -0.1) is 0 Å². The largest absolute Gasteiger partial charge is 0.350 e. The molecule has 1 atom stereocenters. The standard InChI is InChI=1S/C18H19N7O/c26-17(13-25-9-2-7-21-25)22-15-5-10-24(12-15)18-20-8-4-16(23-18)14-3-1-6-19-11-14/h1-4,6-9,11,15H,5,10,12-13H2,(H,22,26). The van der Waals surface area contributed by atoms with Crippen molar-refractivity contribution in [3.05, 3.63) is 55.2 Å². The second-order valence-electron chi connectivity index (χ2n) is 6.19. The average Bonchev–Trinajstić information content (AvgIpc) is 3.35. The van der Waals surface area contributed by atoms with Gasteiger partial charge in [-0.3, -0.25) is 14.5 Å². The first kappa shape index (κ1) is 16.2. The number of aromatic nitrogens is 5. The predicted octanol–water partition coefficient (Wildman–Crippen LogP) is 1.13. The number of rotatable bonds is 5. The first-order chi connectivity index (χ1) is 12.8. The Bertz CT molecular complexity index is 866. The van der Waals surface area contributed by atoms with Crippen molar-refractivity contribution in [3.63, 3.8) is 0 Å². The third kappa shape index (κ3) is 3.69. The Morgan fingerprint density at radius 3 is 3.00 bits per heavy atom. The van der Waals surface area contributed by atoms with Gasteiger partial charge in [-0.25, -0.2) is 9.97 Å². The van der Waals surface area contributed by atoms with Gasteiger partial charge in [-0.05, 0) is 30.7 Å². The third-order valence-electron chi connectivity index (χ3n) is 4.30. The van der Waals surface area contributed by atoms with Crippen LogP contribution >= 0.6 is 0 Å². The van der Waals surface area contributed by atoms with Gasteiger partial charge in [0.2, 0.25) is 11.9 Å². The lowest BCUT2D eigenvalue weighted by atomic mass is 10.2. The van der Waals surface area contributed by atoms with Crippen LogP contribution in [0.15, 0.2) is 55.2 Å². The van der Waals surface area contributed by atoms with E-state index in [0.717, 1.165) is 24.2 Å². The number of nitrogens with zero attached hydrogens (tertiary/aromatic N) is 6. The van der Waals surface area contributed by atoms with E-state index in [-0.39, 0.29) is 18.5 Å². The summed E-state index contributed by atoms with van der Waals surface area (Å²) in [5.74, 6) is 0.640. The molecule has 0 spiro atoms. The van der Waals surface area contributed by atoms with Gasteiger partial charge >= 0.3 is 0 Å². The van der Waals surface area contributed by atoms with Gasteiger partial charge in [0, 0.05) is 55.7 Å². The normalized spacial score (nSPS) is 16.6. The molecule has 0 saturated carbocycles. The van der Waals surface area contributed by atoms with E-state index in [1.165, 1.54) is 0 Å². The fraction of sp³-hybridized carbons (Fsp3) is 0.278. The SMILES string of the molecule is O=C(Cn1cccn1)NC1CCN(c2nccc(-c3cccnc3)n2)C1. The van der Waals surface area contributed by atoms with Crippen LogP contribution in [0.1, 0.15) is 6.42 Å². The van der Waals surface area contributed by atoms with E-state index in [1.54, 1.807) is 41.7 Å². The summed E-state index contributed by atoms with van der Waals surface area (Å²) in [6.45, 7) is 1.74. The number of carbonyl (C=O) groups excluding carboxylic acids is 1. The zero-order valence-corrected chi connectivity index (χ0v) is 14.2. The molecule has 1 fully saturated rings. The molecule has 132 valence electrons. The summed E-state index contributed by atoms with van der Waals surface area (Å²) in [5.41, 5.74) is 1.80. The van der Waals surface area contributed by atoms with E-state index in [0.29, 0.717) is 12.5 Å². The molecule has 0 aromatic carbocycles. The van der Waals surface area contributed by atoms with Crippen molar-refractivity contribution in [3.8, 4) is 11.3 Å². The summed E-state index contributed by atoms with van der Waals surface area (Å²) in [7, 11) is 0. The van der Waals surface area contributed by atoms with Crippen LogP contribution in [0.5, 0.6) is 0 Å². The lowest BCUT2D eigenvalue weighted by molar-refractivity contribution is -0.122. The van der Waals surface area contributed by atoms with Crippen molar-refractivity contribution < 1.29 is 4.79 Å². The van der Waals surface area contributed by atoms with E-state index in [9.17, 15) is 4.79 Å². The van der Waals surface area contributed by atoms with Gasteiger partial charge in [0.25, 0.3) is 0 Å². The van der Waals surface area contributed by atoms with E-state index in [4.69, 9.17) is 0 Å². The Kier molecular flexibility index (Phi) is 4.55. The monoisotopic (exact) mass is 349 g/mol. The van der Waals surface area contributed by atoms with Gasteiger partial charge < -0.3 is 10.2 Å². The maximum absolute atomic E-state index is 12.1. The van der Waals surface area contributed by atoms with Gasteiger partial charge in [0.05, 0.1) is 5.69 Å². The molecule has 1 aliphatic heterocycles. The molecule has 1 N–H and O–H groups in total. The predicted molar refractivity (Wildman–Crippen MR) is 96.3 cm³/mol. The number of amides is 1. The van der Waals surface area contributed by atoms with Crippen molar-refractivity contribution in [1.82, 2.24) is 30.0 Å². The molecule has 1 amide bonds. The summed E-state index contributed by atoms with van der Waals surface area (Å²) in [6.07, 6.45) is 9.59. The topological polar surface area (TPSA) is 88.8 Å². The molecule has 26 heavy (non-hydrogen) atoms. The highest BCUT2D eigenvalue weighted by atomic mass is 16.2. The first-order valence-electron chi connectivity index (χ1n) is 8.53. The van der Waals surface area contributed by atoms with Crippen molar-refractivity contribution in [2.24, 2.45) is 0 Å². The van der Waals surface area contributed by atoms with Crippen LogP contribution in [0.3, 0.4) is 0 Å². The minimum Gasteiger partial charge on any atom is -0.350 e. The molecule has 0 bridgehead atoms. The molecule has 8 heteroatoms. The fourth-order valence-electron chi connectivity index (χ4n) is 3.05. The molecule has 4 heterocycles. The van der Waals surface area contributed by atoms with Crippen molar-refractivity contribution in [2.75, 3.05) is 18.0 Å². The number of nitrogens with one attached hydrogen (secondary N) is 1. The van der Waals surface area contributed by atoms with E-state index in [2.05, 4.69) is 30.3 Å². The van der Waals surface area contributed by atoms with Crippen LogP contribution in [0.4, 0.5) is 5.95 Å². The highest BCUT2D eigenvalue weighted by molar-refractivity contribution is 5.76. The van der Waals surface area contributed by atoms with Crippen LogP contribution in [0, 0.1) is 0 Å². The lowest BCUT2D eigenvalue weighted by Gasteiger charge is -2.17. The van der Waals surface area contributed by atoms with Crippen LogP contribution in [-0.4, -0.2) is 49.8 Å². The second-order valence-corrected chi connectivity index (χ2v) is 6.19. The molecule has 1 aliphatic rings. The van der Waals surface area contributed by atoms with Crippen molar-refractivity contribution in [2.45, 2.75) is 19.0 Å². The minimum absolute atomic E-state index is 0.0365. The first-order valence-corrected chi connectivity index (χ1v) is 8.53. The maximum atomic E-state index is 12.1. The molecular weight excluding hydrogens is 330 g/mol.